The van der Waals surface area contributed by atoms with E-state index in [4.69, 9.17) is 11.5 Å². The summed E-state index contributed by atoms with van der Waals surface area (Å²) in [5.74, 6) is -15.8. The van der Waals surface area contributed by atoms with E-state index in [-0.39, 0.29) is 101 Å². The maximum absolute atomic E-state index is 15.6. The Morgan fingerprint density at radius 3 is 1.66 bits per heavy atom. The molecule has 19 N–H and O–H groups in total. The Morgan fingerprint density at radius 2 is 1.06 bits per heavy atom. The number of aliphatic imine (C=N–C) groups is 1. The van der Waals surface area contributed by atoms with E-state index in [1.165, 1.54) is 68.3 Å². The van der Waals surface area contributed by atoms with Gasteiger partial charge in [0.25, 0.3) is 0 Å². The zero-order chi connectivity index (χ0) is 95.6. The van der Waals surface area contributed by atoms with Crippen molar-refractivity contribution in [2.24, 2.45) is 28.3 Å². The predicted octanol–water partition coefficient (Wildman–Crippen LogP) is -0.868. The summed E-state index contributed by atoms with van der Waals surface area (Å²) in [6, 6.07) is 0.894. The maximum atomic E-state index is 15.6. The molecule has 0 saturated carbocycles. The number of rotatable bonds is 23. The lowest BCUT2D eigenvalue weighted by Crippen LogP contribution is -2.61. The largest absolute Gasteiger partial charge is 0.508 e. The Kier molecular flexibility index (Phi) is 37.2. The van der Waals surface area contributed by atoms with E-state index in [1.54, 1.807) is 82.7 Å². The molecule has 0 radical (unpaired) electrons. The summed E-state index contributed by atoms with van der Waals surface area (Å²) in [4.78, 5) is 265. The number of aromatic amines is 2. The summed E-state index contributed by atoms with van der Waals surface area (Å²) < 4.78 is 0. The molecule has 14 atom stereocenters. The number of nitrogens with zero attached hydrogens (tertiary/aromatic N) is 6. The van der Waals surface area contributed by atoms with Gasteiger partial charge in [-0.05, 0) is 110 Å². The molecule has 5 aromatic rings. The van der Waals surface area contributed by atoms with Crippen molar-refractivity contribution in [1.29, 1.82) is 0 Å². The number of benzene rings is 3. The Balaban J connectivity index is 1.08. The summed E-state index contributed by atoms with van der Waals surface area (Å²) >= 11 is 0. The number of aliphatic hydroxyl groups is 1. The van der Waals surface area contributed by atoms with E-state index >= 15 is 33.6 Å². The predicted molar refractivity (Wildman–Crippen MR) is 483 cm³/mol. The van der Waals surface area contributed by atoms with Gasteiger partial charge < -0.3 is 115 Å². The number of nitrogens with one attached hydrogen (secondary N) is 13. The van der Waals surface area contributed by atoms with Crippen molar-refractivity contribution in [2.45, 2.75) is 242 Å². The standard InChI is InChI=1S/C91H127N21O19/c1-11-13-24-71-84(124)102-63(34-50(3)4)82(122)107-70(81(121)98-46-76(93)116)45-95-47-77(117)100-67(36-53-27-29-57(113)30-28-53)87(127)108(8)52(7)79(119)105-69(41-75(92)115)89(129)111-33-19-26-72(111)85(125)103-64(37-54-31-32-94-42-54)83(123)106-66(35-51(5)6)90(130)112-49-58(114)40-74(112)86(126)104-65(38-55-43-96-61-22-17-15-20-59(55)61)80(120)99-48-78(118)101-68(39-56-44-97-62-23-18-16-21-60(56)62)88(128)110(10)73(25-14-12-2)91(131)109(71)9/h15-18,20-23,27-30,32,42-44,50-52,58,63-74,95-97,113-114H,11-14,19,24-26,31,33-41,45-49H2,1-10H3,(H2,92,115)(H2,93,116)(H,98,121)(H,99,120)(H,100,117)(H,101,118)(H,102,124)(H,103,125)(H,104,126)(H,105,119)(H,106,123)(H,107,122)/t52-,58+,63-,64-,65-,66-,67-,68-,69-,70-,71-,72-,73-,74-/m0/s1. The monoisotopic (exact) mass is 1820 g/mol. The molecule has 4 aliphatic rings. The van der Waals surface area contributed by atoms with Crippen molar-refractivity contribution in [2.75, 3.05) is 60.4 Å². The van der Waals surface area contributed by atoms with Crippen molar-refractivity contribution in [3.05, 3.63) is 114 Å². The first-order valence-electron chi connectivity index (χ1n) is 44.7. The second-order valence-electron chi connectivity index (χ2n) is 35.0. The second-order valence-corrected chi connectivity index (χ2v) is 35.0. The minimum absolute atomic E-state index is 0.0143. The minimum Gasteiger partial charge on any atom is -0.508 e. The molecule has 40 heteroatoms. The van der Waals surface area contributed by atoms with E-state index < -0.39 is 224 Å². The molecule has 710 valence electrons. The van der Waals surface area contributed by atoms with Crippen molar-refractivity contribution in [3.8, 4) is 5.75 Å². The Labute approximate surface area is 760 Å². The van der Waals surface area contributed by atoms with Gasteiger partial charge in [-0.15, -0.1) is 0 Å². The highest BCUT2D eigenvalue weighted by atomic mass is 16.3. The average molecular weight is 1820 g/mol. The van der Waals surface area contributed by atoms with Crippen LogP contribution in [0.5, 0.6) is 5.75 Å². The Bertz CT molecular complexity index is 5030. The van der Waals surface area contributed by atoms with Crippen LogP contribution in [-0.2, 0) is 101 Å². The van der Waals surface area contributed by atoms with Crippen LogP contribution in [0, 0.1) is 11.8 Å². The molecule has 3 fully saturated rings. The highest BCUT2D eigenvalue weighted by Crippen LogP contribution is 2.28. The minimum atomic E-state index is -1.76. The normalized spacial score (nSPS) is 25.1. The molecule has 40 nitrogen and oxygen atoms in total. The highest BCUT2D eigenvalue weighted by Gasteiger charge is 2.47. The van der Waals surface area contributed by atoms with Gasteiger partial charge in [0.15, 0.2) is 0 Å². The van der Waals surface area contributed by atoms with Crippen LogP contribution in [0.25, 0.3) is 21.8 Å². The summed E-state index contributed by atoms with van der Waals surface area (Å²) in [5.41, 5.74) is 14.6. The van der Waals surface area contributed by atoms with Gasteiger partial charge in [0.2, 0.25) is 100 Å². The molecule has 2 aromatic heterocycles. The maximum Gasteiger partial charge on any atom is 0.246 e. The fraction of sp³-hybridized carbons (Fsp3) is 0.538. The van der Waals surface area contributed by atoms with Crippen LogP contribution in [0.15, 0.2) is 102 Å². The first-order valence-corrected chi connectivity index (χ1v) is 44.7. The molecule has 3 saturated heterocycles. The van der Waals surface area contributed by atoms with Gasteiger partial charge in [-0.1, -0.05) is 116 Å². The molecule has 6 heterocycles. The SMILES string of the molecule is CCCC[C@H]1C(=O)N(C)[C@@H](CCCC)C(=O)N[C@@H](CC(C)C)C(=O)N[C@H](C(=O)NCC(N)=O)CNCC(=O)N[C@@H](Cc2ccc(O)cc2)C(=O)N(C)[C@@H](C)C(=O)N[C@@H](CC(N)=O)C(=O)N2CCC[C@H]2C(=O)N[C@@H](CC2=CN=CC2)C(=O)N[C@@H](CC(C)C)C(=O)N2C[C@H](O)C[C@H]2C(=O)N[C@@H](Cc2c[nH]c3ccccc23)C(=O)NCC(=O)N[C@@H](Cc2c[nH]c3ccccc23)C(=O)N1C. The second kappa shape index (κ2) is 48.0. The van der Waals surface area contributed by atoms with Crippen molar-refractivity contribution in [3.63, 3.8) is 0 Å². The fourth-order valence-electron chi connectivity index (χ4n) is 16.8. The van der Waals surface area contributed by atoms with Gasteiger partial charge in [-0.3, -0.25) is 86.5 Å². The molecule has 4 aliphatic heterocycles. The third kappa shape index (κ3) is 28.2. The molecule has 3 aromatic carbocycles. The number of para-hydroxylation sites is 2. The van der Waals surface area contributed by atoms with E-state index in [9.17, 15) is 58.2 Å². The molecule has 0 unspecified atom stereocenters. The number of amides is 17. The number of aromatic nitrogens is 2. The lowest BCUT2D eigenvalue weighted by molar-refractivity contribution is -0.149. The van der Waals surface area contributed by atoms with Crippen LogP contribution in [0.1, 0.15) is 155 Å². The number of aromatic hydroxyl groups is 1. The summed E-state index contributed by atoms with van der Waals surface area (Å²) in [6.45, 7) is 8.89. The quantitative estimate of drug-likeness (QED) is 0.0378. The Hall–Kier alpha value is -13.1. The highest BCUT2D eigenvalue weighted by molar-refractivity contribution is 6.02. The number of likely N-dealkylation sites (N-methyl/N-ethyl adjacent to an activating group) is 3. The van der Waals surface area contributed by atoms with Crippen LogP contribution in [0.2, 0.25) is 0 Å². The average Bonchev–Trinajstić information content (AvgIpc) is 1.57. The van der Waals surface area contributed by atoms with Crippen LogP contribution >= 0.6 is 0 Å². The number of carbonyl (C=O) groups excluding carboxylic acids is 17. The number of hydrogen-bond donors (Lipinski definition) is 17. The lowest BCUT2D eigenvalue weighted by atomic mass is 9.99. The van der Waals surface area contributed by atoms with E-state index in [2.05, 4.69) is 73.4 Å². The van der Waals surface area contributed by atoms with Crippen molar-refractivity contribution >= 4 is 128 Å². The van der Waals surface area contributed by atoms with Gasteiger partial charge in [0, 0.05) is 119 Å². The van der Waals surface area contributed by atoms with Crippen molar-refractivity contribution < 1.29 is 91.7 Å². The van der Waals surface area contributed by atoms with Gasteiger partial charge in [0.1, 0.15) is 84.3 Å². The topological polar surface area (TPSA) is 575 Å². The molecule has 0 spiro atoms. The van der Waals surface area contributed by atoms with Gasteiger partial charge >= 0.3 is 0 Å². The van der Waals surface area contributed by atoms with E-state index in [0.29, 0.717) is 69.8 Å². The van der Waals surface area contributed by atoms with Crippen LogP contribution in [-0.4, -0.2) is 296 Å². The number of fused-ring (bicyclic) bond motifs is 4. The van der Waals surface area contributed by atoms with E-state index in [0.717, 1.165) is 14.7 Å². The van der Waals surface area contributed by atoms with Crippen LogP contribution < -0.4 is 70.0 Å². The van der Waals surface area contributed by atoms with Gasteiger partial charge in [-0.2, -0.15) is 0 Å². The molecule has 0 aliphatic carbocycles. The number of nitrogens with two attached hydrogens (primary N) is 2. The molecule has 9 rings (SSSR count). The molecule has 17 amide bonds. The first-order chi connectivity index (χ1) is 62.3. The van der Waals surface area contributed by atoms with Crippen LogP contribution in [0.3, 0.4) is 0 Å². The fourth-order valence-corrected chi connectivity index (χ4v) is 16.8. The smallest absolute Gasteiger partial charge is 0.246 e. The van der Waals surface area contributed by atoms with Gasteiger partial charge in [0.05, 0.1) is 32.2 Å². The lowest BCUT2D eigenvalue weighted by Gasteiger charge is -2.36. The van der Waals surface area contributed by atoms with Crippen LogP contribution in [0.4, 0.5) is 0 Å². The third-order valence-electron chi connectivity index (χ3n) is 24.0. The van der Waals surface area contributed by atoms with Gasteiger partial charge in [-0.25, -0.2) is 0 Å². The summed E-state index contributed by atoms with van der Waals surface area (Å²) in [6.07, 6.45) is 5.50. The number of primary amides is 2. The number of phenols is 1. The Morgan fingerprint density at radius 1 is 0.534 bits per heavy atom. The number of aliphatic hydroxyl groups excluding tert-OH is 1. The zero-order valence-electron chi connectivity index (χ0n) is 75.9. The first kappa shape index (κ1) is 102. The summed E-state index contributed by atoms with van der Waals surface area (Å²) in [5, 5.41) is 52.6. The zero-order valence-corrected chi connectivity index (χ0v) is 75.9. The number of hydrogen-bond acceptors (Lipinski definition) is 21. The number of phenolic OH excluding ortho intramolecular Hbond substituents is 1. The summed E-state index contributed by atoms with van der Waals surface area (Å²) in [7, 11) is 4.02. The third-order valence-corrected chi connectivity index (χ3v) is 24.0. The molecule has 0 bridgehead atoms. The van der Waals surface area contributed by atoms with E-state index in [1.807, 2.05) is 26.0 Å². The number of H-pyrrole nitrogens is 2. The molecule has 131 heavy (non-hydrogen) atoms. The molecular formula is C91H127N21O19. The number of unbranched alkanes of at least 4 members (excludes halogenated alkanes) is 2. The van der Waals surface area contributed by atoms with Crippen molar-refractivity contribution in [1.82, 2.24) is 93.0 Å². The number of carbonyl (C=O) groups is 17. The molecular weight excluding hydrogens is 1690 g/mol.